The molecule has 0 radical (unpaired) electrons. The van der Waals surface area contributed by atoms with Crippen LogP contribution < -0.4 is 10.6 Å². The lowest BCUT2D eigenvalue weighted by atomic mass is 9.99. The number of carbonyl (C=O) groups excluding carboxylic acids is 3. The second-order valence-electron chi connectivity index (χ2n) is 8.60. The molecule has 33 heavy (non-hydrogen) atoms. The quantitative estimate of drug-likeness (QED) is 0.664. The van der Waals surface area contributed by atoms with Crippen LogP contribution in [0.4, 0.5) is 5.95 Å². The maximum absolute atomic E-state index is 13.5. The molecule has 9 nitrogen and oxygen atoms in total. The number of aryl methyl sites for hydroxylation is 2. The molecule has 1 fully saturated rings. The number of anilines is 1. The first-order chi connectivity index (χ1) is 15.7. The summed E-state index contributed by atoms with van der Waals surface area (Å²) >= 11 is 0. The van der Waals surface area contributed by atoms with Crippen molar-refractivity contribution >= 4 is 23.7 Å². The molecule has 1 aromatic heterocycles. The normalized spacial score (nSPS) is 19.8. The third-order valence-electron chi connectivity index (χ3n) is 5.64. The van der Waals surface area contributed by atoms with Crippen molar-refractivity contribution in [2.24, 2.45) is 0 Å². The molecule has 1 saturated heterocycles. The average Bonchev–Trinajstić information content (AvgIpc) is 3.11. The van der Waals surface area contributed by atoms with E-state index in [0.29, 0.717) is 18.9 Å². The Morgan fingerprint density at radius 1 is 1.09 bits per heavy atom. The minimum Gasteiger partial charge on any atom is -0.354 e. The first-order valence-electron chi connectivity index (χ1n) is 11.1. The van der Waals surface area contributed by atoms with E-state index in [-0.39, 0.29) is 30.2 Å². The number of likely N-dealkylation sites (N-methyl/N-ethyl adjacent to an activating group) is 1. The van der Waals surface area contributed by atoms with Crippen LogP contribution in [-0.4, -0.2) is 70.2 Å². The molecule has 1 aliphatic rings. The monoisotopic (exact) mass is 452 g/mol. The van der Waals surface area contributed by atoms with Crippen LogP contribution in [0, 0.1) is 13.8 Å². The van der Waals surface area contributed by atoms with Gasteiger partial charge in [0.25, 0.3) is 0 Å². The van der Waals surface area contributed by atoms with E-state index in [1.165, 1.54) is 11.8 Å². The van der Waals surface area contributed by atoms with Crippen LogP contribution in [0.5, 0.6) is 0 Å². The molecule has 2 aromatic rings. The van der Waals surface area contributed by atoms with E-state index in [1.807, 2.05) is 50.2 Å². The Bertz CT molecular complexity index is 990. The molecule has 0 bridgehead atoms. The minimum atomic E-state index is -0.660. The van der Waals surface area contributed by atoms with Crippen molar-refractivity contribution < 1.29 is 14.4 Å². The second-order valence-corrected chi connectivity index (χ2v) is 8.60. The van der Waals surface area contributed by atoms with Crippen molar-refractivity contribution in [2.75, 3.05) is 26.0 Å². The van der Waals surface area contributed by atoms with Gasteiger partial charge in [0.2, 0.25) is 23.7 Å². The Balaban J connectivity index is 1.85. The zero-order chi connectivity index (χ0) is 24.1. The summed E-state index contributed by atoms with van der Waals surface area (Å²) in [6, 6.07) is 9.94. The average molecular weight is 453 g/mol. The Hall–Kier alpha value is -3.49. The highest BCUT2D eigenvalue weighted by Gasteiger charge is 2.48. The number of hydrogen-bond acceptors (Lipinski definition) is 6. The lowest BCUT2D eigenvalue weighted by Gasteiger charge is -2.32. The van der Waals surface area contributed by atoms with E-state index in [2.05, 4.69) is 20.6 Å². The van der Waals surface area contributed by atoms with Crippen LogP contribution in [-0.2, 0) is 14.4 Å². The van der Waals surface area contributed by atoms with Crippen molar-refractivity contribution in [1.82, 2.24) is 25.1 Å². The molecule has 3 atom stereocenters. The van der Waals surface area contributed by atoms with E-state index in [1.54, 1.807) is 19.0 Å². The number of aromatic nitrogens is 2. The van der Waals surface area contributed by atoms with Crippen molar-refractivity contribution in [3.8, 4) is 0 Å². The van der Waals surface area contributed by atoms with E-state index in [9.17, 15) is 14.4 Å². The van der Waals surface area contributed by atoms with E-state index in [4.69, 9.17) is 0 Å². The zero-order valence-corrected chi connectivity index (χ0v) is 19.8. The molecule has 0 unspecified atom stereocenters. The van der Waals surface area contributed by atoms with Crippen LogP contribution in [0.25, 0.3) is 0 Å². The first kappa shape index (κ1) is 24.2. The smallest absolute Gasteiger partial charge is 0.244 e. The molecule has 9 heteroatoms. The summed E-state index contributed by atoms with van der Waals surface area (Å²) in [6.45, 7) is 5.55. The largest absolute Gasteiger partial charge is 0.354 e. The Labute approximate surface area is 194 Å². The Morgan fingerprint density at radius 2 is 1.73 bits per heavy atom. The number of carbonyl (C=O) groups is 3. The maximum atomic E-state index is 13.5. The second kappa shape index (κ2) is 10.4. The molecule has 176 valence electrons. The van der Waals surface area contributed by atoms with Crippen molar-refractivity contribution in [3.63, 3.8) is 0 Å². The number of hydrogen-bond donors (Lipinski definition) is 2. The lowest BCUT2D eigenvalue weighted by molar-refractivity contribution is -0.144. The topological polar surface area (TPSA) is 108 Å². The molecule has 2 heterocycles. The lowest BCUT2D eigenvalue weighted by Crippen LogP contribution is -2.47. The van der Waals surface area contributed by atoms with Gasteiger partial charge in [-0.2, -0.15) is 0 Å². The van der Waals surface area contributed by atoms with Gasteiger partial charge in [0.15, 0.2) is 0 Å². The summed E-state index contributed by atoms with van der Waals surface area (Å²) in [5, 5.41) is 6.06. The van der Waals surface area contributed by atoms with Crippen LogP contribution >= 0.6 is 0 Å². The summed E-state index contributed by atoms with van der Waals surface area (Å²) in [7, 11) is 3.35. The van der Waals surface area contributed by atoms with Gasteiger partial charge < -0.3 is 20.4 Å². The minimum absolute atomic E-state index is 0.156. The molecule has 0 aliphatic carbocycles. The molecule has 1 aromatic carbocycles. The number of likely N-dealkylation sites (tertiary alicyclic amines) is 1. The molecule has 1 aliphatic heterocycles. The third-order valence-corrected chi connectivity index (χ3v) is 5.64. The fourth-order valence-corrected chi connectivity index (χ4v) is 4.37. The van der Waals surface area contributed by atoms with E-state index in [0.717, 1.165) is 17.0 Å². The summed E-state index contributed by atoms with van der Waals surface area (Å²) in [5.74, 6) is -0.0604. The standard InChI is InChI=1S/C24H32N6O3/c1-15-13-16(2)27-24(26-15)25-12-11-21(32)30-20(23(33)29(4)5)14-19(28-17(3)31)22(30)18-9-7-6-8-10-18/h6-10,13,19-20,22H,11-12,14H2,1-5H3,(H,28,31)(H,25,26,27)/t19-,20-,22-/m0/s1. The molecule has 2 N–H and O–H groups in total. The van der Waals surface area contributed by atoms with Gasteiger partial charge in [-0.15, -0.1) is 0 Å². The fourth-order valence-electron chi connectivity index (χ4n) is 4.37. The van der Waals surface area contributed by atoms with Crippen molar-refractivity contribution in [3.05, 3.63) is 53.3 Å². The van der Waals surface area contributed by atoms with Crippen LogP contribution in [0.2, 0.25) is 0 Å². The van der Waals surface area contributed by atoms with Gasteiger partial charge in [0.1, 0.15) is 6.04 Å². The molecule has 3 rings (SSSR count). The van der Waals surface area contributed by atoms with Gasteiger partial charge in [-0.1, -0.05) is 30.3 Å². The SMILES string of the molecule is CC(=O)N[C@H]1C[C@@H](C(=O)N(C)C)N(C(=O)CCNc2nc(C)cc(C)n2)[C@H]1c1ccccc1. The number of amides is 3. The predicted octanol–water partition coefficient (Wildman–Crippen LogP) is 1.83. The van der Waals surface area contributed by atoms with Crippen LogP contribution in [0.1, 0.15) is 42.8 Å². The van der Waals surface area contributed by atoms with Gasteiger partial charge in [-0.25, -0.2) is 9.97 Å². The fraction of sp³-hybridized carbons (Fsp3) is 0.458. The number of rotatable bonds is 7. The highest BCUT2D eigenvalue weighted by Crippen LogP contribution is 2.37. The summed E-state index contributed by atoms with van der Waals surface area (Å²) in [5.41, 5.74) is 2.56. The van der Waals surface area contributed by atoms with Gasteiger partial charge in [0.05, 0.1) is 12.1 Å². The number of nitrogens with zero attached hydrogens (tertiary/aromatic N) is 4. The van der Waals surface area contributed by atoms with Crippen molar-refractivity contribution in [1.29, 1.82) is 0 Å². The molecule has 0 spiro atoms. The first-order valence-corrected chi connectivity index (χ1v) is 11.1. The third kappa shape index (κ3) is 5.85. The van der Waals surface area contributed by atoms with E-state index < -0.39 is 12.1 Å². The number of nitrogens with one attached hydrogen (secondary N) is 2. The zero-order valence-electron chi connectivity index (χ0n) is 19.8. The molecular formula is C24H32N6O3. The molecule has 3 amide bonds. The number of benzene rings is 1. The van der Waals surface area contributed by atoms with Gasteiger partial charge >= 0.3 is 0 Å². The predicted molar refractivity (Wildman–Crippen MR) is 125 cm³/mol. The highest BCUT2D eigenvalue weighted by atomic mass is 16.2. The van der Waals surface area contributed by atoms with E-state index >= 15 is 0 Å². The Morgan fingerprint density at radius 3 is 2.30 bits per heavy atom. The van der Waals surface area contributed by atoms with Gasteiger partial charge in [-0.05, 0) is 31.9 Å². The summed E-state index contributed by atoms with van der Waals surface area (Å²) in [4.78, 5) is 50.2. The Kier molecular flexibility index (Phi) is 7.63. The highest BCUT2D eigenvalue weighted by molar-refractivity contribution is 5.89. The van der Waals surface area contributed by atoms with Gasteiger partial charge in [0, 0.05) is 45.4 Å². The summed E-state index contributed by atoms with van der Waals surface area (Å²) < 4.78 is 0. The van der Waals surface area contributed by atoms with Gasteiger partial charge in [-0.3, -0.25) is 14.4 Å². The van der Waals surface area contributed by atoms with Crippen molar-refractivity contribution in [2.45, 2.75) is 51.7 Å². The molecule has 0 saturated carbocycles. The summed E-state index contributed by atoms with van der Waals surface area (Å²) in [6.07, 6.45) is 0.513. The van der Waals surface area contributed by atoms with Crippen LogP contribution in [0.15, 0.2) is 36.4 Å². The molecular weight excluding hydrogens is 420 g/mol. The maximum Gasteiger partial charge on any atom is 0.244 e. The van der Waals surface area contributed by atoms with Crippen LogP contribution in [0.3, 0.4) is 0 Å².